The summed E-state index contributed by atoms with van der Waals surface area (Å²) in [5, 5.41) is 0.313. The second-order valence-electron chi connectivity index (χ2n) is 4.30. The van der Waals surface area contributed by atoms with Crippen LogP contribution < -0.4 is 0 Å². The molecule has 2 heterocycles. The molecule has 0 bridgehead atoms. The monoisotopic (exact) mass is 308 g/mol. The Morgan fingerprint density at radius 3 is 2.55 bits per heavy atom. The maximum Gasteiger partial charge on any atom is 0.269 e. The molecule has 0 radical (unpaired) electrons. The maximum absolute atomic E-state index is 12.3. The van der Waals surface area contributed by atoms with Crippen molar-refractivity contribution >= 4 is 27.5 Å². The van der Waals surface area contributed by atoms with Crippen LogP contribution in [0.15, 0.2) is 47.5 Å². The second kappa shape index (κ2) is 4.57. The third-order valence-electron chi connectivity index (χ3n) is 3.03. The fraction of sp³-hybridized carbons (Fsp3) is 0.0769. The molecule has 0 saturated carbocycles. The van der Waals surface area contributed by atoms with Gasteiger partial charge in [-0.3, -0.25) is 4.79 Å². The average Bonchev–Trinajstić information content (AvgIpc) is 2.63. The highest BCUT2D eigenvalue weighted by atomic mass is 35.5. The molecule has 0 N–H and O–H groups in total. The Hall–Kier alpha value is -1.92. The topological polar surface area (TPSA) is 67.3 Å². The molecule has 0 saturated heterocycles. The van der Waals surface area contributed by atoms with Gasteiger partial charge >= 0.3 is 0 Å². The summed E-state index contributed by atoms with van der Waals surface area (Å²) < 4.78 is 25.5. The SMILES string of the molecule is O=C1c2ccccc2S(=O)(=O)N1Cc1ccc(Cl)nc1. The number of carbonyl (C=O) groups is 1. The summed E-state index contributed by atoms with van der Waals surface area (Å²) in [6.45, 7) is -0.0555. The summed E-state index contributed by atoms with van der Waals surface area (Å²) in [4.78, 5) is 16.1. The fourth-order valence-electron chi connectivity index (χ4n) is 2.05. The van der Waals surface area contributed by atoms with Gasteiger partial charge in [0, 0.05) is 6.20 Å². The molecular weight excluding hydrogens is 300 g/mol. The van der Waals surface area contributed by atoms with Gasteiger partial charge in [0.2, 0.25) is 0 Å². The van der Waals surface area contributed by atoms with E-state index >= 15 is 0 Å². The van der Waals surface area contributed by atoms with Crippen LogP contribution in [0, 0.1) is 0 Å². The Bertz CT molecular complexity index is 788. The van der Waals surface area contributed by atoms with Crippen LogP contribution in [-0.4, -0.2) is 23.6 Å². The average molecular weight is 309 g/mol. The number of carbonyl (C=O) groups excluding carboxylic acids is 1. The Morgan fingerprint density at radius 2 is 1.90 bits per heavy atom. The molecule has 1 aromatic carbocycles. The summed E-state index contributed by atoms with van der Waals surface area (Å²) >= 11 is 5.68. The predicted molar refractivity (Wildman–Crippen MR) is 72.7 cm³/mol. The molecule has 0 fully saturated rings. The number of nitrogens with zero attached hydrogens (tertiary/aromatic N) is 2. The van der Waals surface area contributed by atoms with Crippen LogP contribution in [-0.2, 0) is 16.6 Å². The third-order valence-corrected chi connectivity index (χ3v) is 5.04. The molecule has 7 heteroatoms. The lowest BCUT2D eigenvalue weighted by Gasteiger charge is -2.14. The van der Waals surface area contributed by atoms with Gasteiger partial charge in [0.15, 0.2) is 0 Å². The normalized spacial score (nSPS) is 16.2. The molecule has 5 nitrogen and oxygen atoms in total. The molecule has 102 valence electrons. The molecule has 1 aliphatic heterocycles. The van der Waals surface area contributed by atoms with E-state index in [0.29, 0.717) is 10.7 Å². The summed E-state index contributed by atoms with van der Waals surface area (Å²) in [6.07, 6.45) is 1.45. The van der Waals surface area contributed by atoms with Crippen molar-refractivity contribution in [2.45, 2.75) is 11.4 Å². The molecule has 1 amide bonds. The molecule has 3 rings (SSSR count). The van der Waals surface area contributed by atoms with E-state index in [1.807, 2.05) is 0 Å². The number of halogens is 1. The quantitative estimate of drug-likeness (QED) is 0.797. The Labute approximate surface area is 120 Å². The zero-order valence-electron chi connectivity index (χ0n) is 10.2. The Morgan fingerprint density at radius 1 is 1.15 bits per heavy atom. The number of benzene rings is 1. The van der Waals surface area contributed by atoms with Gasteiger partial charge in [0.25, 0.3) is 15.9 Å². The van der Waals surface area contributed by atoms with Gasteiger partial charge in [-0.15, -0.1) is 0 Å². The highest BCUT2D eigenvalue weighted by Gasteiger charge is 2.40. The van der Waals surface area contributed by atoms with Gasteiger partial charge in [-0.25, -0.2) is 17.7 Å². The van der Waals surface area contributed by atoms with Crippen molar-refractivity contribution in [3.05, 3.63) is 58.9 Å². The van der Waals surface area contributed by atoms with E-state index in [9.17, 15) is 13.2 Å². The number of rotatable bonds is 2. The van der Waals surface area contributed by atoms with Crippen molar-refractivity contribution < 1.29 is 13.2 Å². The highest BCUT2D eigenvalue weighted by molar-refractivity contribution is 7.90. The number of hydrogen-bond donors (Lipinski definition) is 0. The van der Waals surface area contributed by atoms with Crippen molar-refractivity contribution in [3.63, 3.8) is 0 Å². The first kappa shape index (κ1) is 13.1. The van der Waals surface area contributed by atoms with Crippen LogP contribution in [0.5, 0.6) is 0 Å². The summed E-state index contributed by atoms with van der Waals surface area (Å²) in [5.41, 5.74) is 0.800. The van der Waals surface area contributed by atoms with Crippen LogP contribution in [0.4, 0.5) is 0 Å². The first-order valence-corrected chi connectivity index (χ1v) is 7.58. The van der Waals surface area contributed by atoms with E-state index in [2.05, 4.69) is 4.98 Å². The molecule has 0 aliphatic carbocycles. The molecule has 0 unspecified atom stereocenters. The van der Waals surface area contributed by atoms with Crippen LogP contribution in [0.25, 0.3) is 0 Å². The van der Waals surface area contributed by atoms with E-state index < -0.39 is 15.9 Å². The van der Waals surface area contributed by atoms with Gasteiger partial charge in [0.05, 0.1) is 12.1 Å². The predicted octanol–water partition coefficient (Wildman–Crippen LogP) is 2.08. The number of amides is 1. The Kier molecular flexibility index (Phi) is 2.99. The van der Waals surface area contributed by atoms with E-state index in [-0.39, 0.29) is 17.0 Å². The summed E-state index contributed by atoms with van der Waals surface area (Å²) in [6, 6.07) is 9.37. The second-order valence-corrected chi connectivity index (χ2v) is 6.52. The molecule has 1 aromatic heterocycles. The minimum absolute atomic E-state index is 0.0481. The van der Waals surface area contributed by atoms with E-state index in [1.165, 1.54) is 18.3 Å². The molecule has 0 atom stereocenters. The first-order valence-electron chi connectivity index (χ1n) is 5.77. The van der Waals surface area contributed by atoms with Crippen molar-refractivity contribution in [2.24, 2.45) is 0 Å². The van der Waals surface area contributed by atoms with Gasteiger partial charge in [-0.2, -0.15) is 0 Å². The largest absolute Gasteiger partial charge is 0.269 e. The minimum Gasteiger partial charge on any atom is -0.268 e. The van der Waals surface area contributed by atoms with Gasteiger partial charge in [-0.05, 0) is 23.8 Å². The van der Waals surface area contributed by atoms with Crippen molar-refractivity contribution in [3.8, 4) is 0 Å². The van der Waals surface area contributed by atoms with Gasteiger partial charge < -0.3 is 0 Å². The first-order chi connectivity index (χ1) is 9.50. The van der Waals surface area contributed by atoms with E-state index in [0.717, 1.165) is 4.31 Å². The summed E-state index contributed by atoms with van der Waals surface area (Å²) in [5.74, 6) is -0.518. The third kappa shape index (κ3) is 1.97. The summed E-state index contributed by atoms with van der Waals surface area (Å²) in [7, 11) is -3.78. The highest BCUT2D eigenvalue weighted by Crippen LogP contribution is 2.31. The molecule has 0 spiro atoms. The van der Waals surface area contributed by atoms with Crippen molar-refractivity contribution in [1.82, 2.24) is 9.29 Å². The molecule has 2 aromatic rings. The standard InChI is InChI=1S/C13H9ClN2O3S/c14-12-6-5-9(7-15-12)8-16-13(17)10-3-1-2-4-11(10)20(16,18)19/h1-7H,8H2. The van der Waals surface area contributed by atoms with Crippen molar-refractivity contribution in [2.75, 3.05) is 0 Å². The minimum atomic E-state index is -3.78. The zero-order valence-corrected chi connectivity index (χ0v) is 11.7. The van der Waals surface area contributed by atoms with E-state index in [1.54, 1.807) is 24.3 Å². The zero-order chi connectivity index (χ0) is 14.3. The van der Waals surface area contributed by atoms with Gasteiger partial charge in [0.1, 0.15) is 10.0 Å². The molecule has 1 aliphatic rings. The number of pyridine rings is 1. The van der Waals surface area contributed by atoms with Crippen LogP contribution in [0.2, 0.25) is 5.15 Å². The van der Waals surface area contributed by atoms with E-state index in [4.69, 9.17) is 11.6 Å². The smallest absolute Gasteiger partial charge is 0.268 e. The number of hydrogen-bond acceptors (Lipinski definition) is 4. The van der Waals surface area contributed by atoms with Crippen LogP contribution in [0.1, 0.15) is 15.9 Å². The number of fused-ring (bicyclic) bond motifs is 1. The lowest BCUT2D eigenvalue weighted by Crippen LogP contribution is -2.29. The molecular formula is C13H9ClN2O3S. The maximum atomic E-state index is 12.3. The Balaban J connectivity index is 2.00. The van der Waals surface area contributed by atoms with Gasteiger partial charge in [-0.1, -0.05) is 29.8 Å². The lowest BCUT2D eigenvalue weighted by atomic mass is 10.2. The lowest BCUT2D eigenvalue weighted by molar-refractivity contribution is 0.0865. The van der Waals surface area contributed by atoms with Crippen LogP contribution in [0.3, 0.4) is 0 Å². The van der Waals surface area contributed by atoms with Crippen LogP contribution >= 0.6 is 11.6 Å². The molecule has 20 heavy (non-hydrogen) atoms. The van der Waals surface area contributed by atoms with Crippen molar-refractivity contribution in [1.29, 1.82) is 0 Å². The fourth-order valence-corrected chi connectivity index (χ4v) is 3.72. The number of aromatic nitrogens is 1. The number of sulfonamides is 1.